The maximum absolute atomic E-state index is 10.1. The predicted octanol–water partition coefficient (Wildman–Crippen LogP) is 3.72. The van der Waals surface area contributed by atoms with E-state index < -0.39 is 6.10 Å². The number of aliphatic hydroxyl groups excluding tert-OH is 2. The molecule has 1 saturated heterocycles. The number of aryl methyl sites for hydroxylation is 1. The molecule has 4 rings (SSSR count). The molecule has 1 aliphatic carbocycles. The van der Waals surface area contributed by atoms with E-state index in [1.165, 1.54) is 29.5 Å². The van der Waals surface area contributed by atoms with Crippen molar-refractivity contribution >= 4 is 0 Å². The van der Waals surface area contributed by atoms with Gasteiger partial charge in [0.05, 0.1) is 37.6 Å². The number of hydrogen-bond acceptors (Lipinski definition) is 5. The first-order valence-electron chi connectivity index (χ1n) is 11.0. The van der Waals surface area contributed by atoms with E-state index in [-0.39, 0.29) is 18.8 Å². The van der Waals surface area contributed by atoms with Crippen molar-refractivity contribution in [3.63, 3.8) is 0 Å². The number of ether oxygens (including phenoxy) is 3. The fraction of sp³-hybridized carbons (Fsp3) is 0.520. The topological polar surface area (TPSA) is 68.2 Å². The molecule has 0 aromatic heterocycles. The van der Waals surface area contributed by atoms with Crippen molar-refractivity contribution in [1.29, 1.82) is 0 Å². The minimum absolute atomic E-state index is 0.0621. The molecular weight excluding hydrogens is 380 g/mol. The standard InChI is InChI=1S/C25H32O5/c1-17-2-5-19(25-15-21(27)14-24(16-26)30-25)13-20(17)12-18-3-6-22(7-4-18)28-10-11-29-23-8-9-23/h2-7,13,21,23-27H,8-12,14-16H2,1H3/t21-,24-,25+/m0/s1. The summed E-state index contributed by atoms with van der Waals surface area (Å²) in [6.45, 7) is 3.28. The van der Waals surface area contributed by atoms with Gasteiger partial charge in [-0.05, 0) is 60.6 Å². The van der Waals surface area contributed by atoms with Crippen LogP contribution in [0.2, 0.25) is 0 Å². The third-order valence-electron chi connectivity index (χ3n) is 5.87. The first-order valence-corrected chi connectivity index (χ1v) is 11.0. The van der Waals surface area contributed by atoms with Crippen LogP contribution >= 0.6 is 0 Å². The lowest BCUT2D eigenvalue weighted by atomic mass is 9.92. The Hall–Kier alpha value is -1.92. The average molecular weight is 413 g/mol. The summed E-state index contributed by atoms with van der Waals surface area (Å²) in [6, 6.07) is 14.6. The summed E-state index contributed by atoms with van der Waals surface area (Å²) in [5, 5.41) is 19.6. The van der Waals surface area contributed by atoms with Gasteiger partial charge < -0.3 is 24.4 Å². The number of aliphatic hydroxyl groups is 2. The van der Waals surface area contributed by atoms with E-state index in [4.69, 9.17) is 14.2 Å². The molecule has 3 atom stereocenters. The molecule has 2 aromatic carbocycles. The van der Waals surface area contributed by atoms with Crippen LogP contribution < -0.4 is 4.74 Å². The van der Waals surface area contributed by atoms with E-state index in [2.05, 4.69) is 37.3 Å². The zero-order valence-corrected chi connectivity index (χ0v) is 17.6. The van der Waals surface area contributed by atoms with Crippen LogP contribution in [0.4, 0.5) is 0 Å². The van der Waals surface area contributed by atoms with Crippen molar-refractivity contribution in [2.75, 3.05) is 19.8 Å². The van der Waals surface area contributed by atoms with Crippen LogP contribution in [0.25, 0.3) is 0 Å². The van der Waals surface area contributed by atoms with Gasteiger partial charge in [0, 0.05) is 12.8 Å². The Bertz CT molecular complexity index is 815. The van der Waals surface area contributed by atoms with Crippen molar-refractivity contribution < 1.29 is 24.4 Å². The van der Waals surface area contributed by atoms with E-state index in [1.54, 1.807) is 0 Å². The molecule has 5 nitrogen and oxygen atoms in total. The highest BCUT2D eigenvalue weighted by molar-refractivity contribution is 5.38. The largest absolute Gasteiger partial charge is 0.491 e. The van der Waals surface area contributed by atoms with Gasteiger partial charge >= 0.3 is 0 Å². The summed E-state index contributed by atoms with van der Waals surface area (Å²) < 4.78 is 17.3. The second-order valence-corrected chi connectivity index (χ2v) is 8.48. The second-order valence-electron chi connectivity index (χ2n) is 8.48. The van der Waals surface area contributed by atoms with Crippen molar-refractivity contribution in [3.8, 4) is 5.75 Å². The molecule has 0 spiro atoms. The highest BCUT2D eigenvalue weighted by Crippen LogP contribution is 2.33. The highest BCUT2D eigenvalue weighted by atomic mass is 16.5. The maximum atomic E-state index is 10.1. The van der Waals surface area contributed by atoms with Gasteiger partial charge in [-0.25, -0.2) is 0 Å². The maximum Gasteiger partial charge on any atom is 0.119 e. The molecule has 0 radical (unpaired) electrons. The van der Waals surface area contributed by atoms with Gasteiger partial charge in [0.15, 0.2) is 0 Å². The Kier molecular flexibility index (Phi) is 7.05. The van der Waals surface area contributed by atoms with Crippen LogP contribution in [-0.2, 0) is 15.9 Å². The van der Waals surface area contributed by atoms with Gasteiger partial charge in [-0.2, -0.15) is 0 Å². The Morgan fingerprint density at radius 2 is 1.83 bits per heavy atom. The summed E-state index contributed by atoms with van der Waals surface area (Å²) in [6.07, 6.45) is 3.80. The molecule has 1 aliphatic heterocycles. The molecule has 30 heavy (non-hydrogen) atoms. The van der Waals surface area contributed by atoms with Crippen molar-refractivity contribution in [1.82, 2.24) is 0 Å². The lowest BCUT2D eigenvalue weighted by molar-refractivity contribution is -0.113. The number of benzene rings is 2. The SMILES string of the molecule is Cc1ccc([C@H]2C[C@@H](O)C[C@@H](CO)O2)cc1Cc1ccc(OCCOC2CC2)cc1. The van der Waals surface area contributed by atoms with Gasteiger partial charge in [-0.15, -0.1) is 0 Å². The number of hydrogen-bond donors (Lipinski definition) is 2. The third kappa shape index (κ3) is 5.82. The monoisotopic (exact) mass is 412 g/mol. The van der Waals surface area contributed by atoms with Gasteiger partial charge in [-0.1, -0.05) is 30.3 Å². The minimum Gasteiger partial charge on any atom is -0.491 e. The van der Waals surface area contributed by atoms with Crippen LogP contribution in [0.5, 0.6) is 5.75 Å². The van der Waals surface area contributed by atoms with Crippen LogP contribution in [0.15, 0.2) is 42.5 Å². The Morgan fingerprint density at radius 3 is 2.57 bits per heavy atom. The highest BCUT2D eigenvalue weighted by Gasteiger charge is 2.29. The van der Waals surface area contributed by atoms with E-state index in [0.29, 0.717) is 32.2 Å². The summed E-state index contributed by atoms with van der Waals surface area (Å²) in [4.78, 5) is 0. The first kappa shape index (κ1) is 21.3. The number of rotatable bonds is 9. The quantitative estimate of drug-likeness (QED) is 0.615. The Labute approximate surface area is 178 Å². The molecule has 1 heterocycles. The van der Waals surface area contributed by atoms with Crippen LogP contribution in [-0.4, -0.2) is 48.3 Å². The average Bonchev–Trinajstić information content (AvgIpc) is 3.58. The molecule has 0 unspecified atom stereocenters. The molecule has 1 saturated carbocycles. The Balaban J connectivity index is 1.37. The van der Waals surface area contributed by atoms with E-state index in [1.807, 2.05) is 12.1 Å². The molecule has 2 fully saturated rings. The van der Waals surface area contributed by atoms with Crippen LogP contribution in [0.3, 0.4) is 0 Å². The van der Waals surface area contributed by atoms with Crippen LogP contribution in [0, 0.1) is 6.92 Å². The van der Waals surface area contributed by atoms with Crippen molar-refractivity contribution in [2.45, 2.75) is 63.4 Å². The Morgan fingerprint density at radius 1 is 1.03 bits per heavy atom. The van der Waals surface area contributed by atoms with E-state index >= 15 is 0 Å². The fourth-order valence-corrected chi connectivity index (χ4v) is 3.94. The molecular formula is C25H32O5. The minimum atomic E-state index is -0.437. The molecule has 2 aliphatic rings. The second kappa shape index (κ2) is 9.92. The summed E-state index contributed by atoms with van der Waals surface area (Å²) in [5.74, 6) is 0.864. The third-order valence-corrected chi connectivity index (χ3v) is 5.87. The van der Waals surface area contributed by atoms with Crippen molar-refractivity contribution in [2.24, 2.45) is 0 Å². The molecule has 2 N–H and O–H groups in total. The molecule has 162 valence electrons. The van der Waals surface area contributed by atoms with Gasteiger partial charge in [0.2, 0.25) is 0 Å². The summed E-state index contributed by atoms with van der Waals surface area (Å²) in [5.41, 5.74) is 4.74. The van der Waals surface area contributed by atoms with Gasteiger partial charge in [-0.3, -0.25) is 0 Å². The lowest BCUT2D eigenvalue weighted by Gasteiger charge is -2.32. The zero-order valence-electron chi connectivity index (χ0n) is 17.6. The fourth-order valence-electron chi connectivity index (χ4n) is 3.94. The van der Waals surface area contributed by atoms with Gasteiger partial charge in [0.25, 0.3) is 0 Å². The van der Waals surface area contributed by atoms with Gasteiger partial charge in [0.1, 0.15) is 12.4 Å². The predicted molar refractivity (Wildman–Crippen MR) is 115 cm³/mol. The van der Waals surface area contributed by atoms with E-state index in [9.17, 15) is 10.2 Å². The molecule has 5 heteroatoms. The zero-order chi connectivity index (χ0) is 20.9. The lowest BCUT2D eigenvalue weighted by Crippen LogP contribution is -2.33. The smallest absolute Gasteiger partial charge is 0.119 e. The normalized spacial score (nSPS) is 24.0. The van der Waals surface area contributed by atoms with E-state index in [0.717, 1.165) is 17.7 Å². The first-order chi connectivity index (χ1) is 14.6. The summed E-state index contributed by atoms with van der Waals surface area (Å²) in [7, 11) is 0. The van der Waals surface area contributed by atoms with Crippen molar-refractivity contribution in [3.05, 3.63) is 64.7 Å². The summed E-state index contributed by atoms with van der Waals surface area (Å²) >= 11 is 0. The van der Waals surface area contributed by atoms with Crippen LogP contribution in [0.1, 0.15) is 54.0 Å². The molecule has 0 bridgehead atoms. The molecule has 0 amide bonds. The molecule has 2 aromatic rings.